The van der Waals surface area contributed by atoms with E-state index in [9.17, 15) is 14.4 Å². The highest BCUT2D eigenvalue weighted by molar-refractivity contribution is 5.76. The Kier molecular flexibility index (Phi) is 5.95. The zero-order chi connectivity index (χ0) is 16.0. The van der Waals surface area contributed by atoms with Gasteiger partial charge in [0.05, 0.1) is 26.1 Å². The van der Waals surface area contributed by atoms with E-state index in [4.69, 9.17) is 14.6 Å². The summed E-state index contributed by atoms with van der Waals surface area (Å²) in [5.74, 6) is -1.37. The SMILES string of the molecule is CCOC(=O)CCN(C)C(=O)N1CC(C)(OCC(=O)O)C1. The third-order valence-corrected chi connectivity index (χ3v) is 3.15. The Labute approximate surface area is 123 Å². The Morgan fingerprint density at radius 3 is 2.48 bits per heavy atom. The van der Waals surface area contributed by atoms with Gasteiger partial charge in [0.25, 0.3) is 0 Å². The lowest BCUT2D eigenvalue weighted by Crippen LogP contribution is -2.65. The maximum Gasteiger partial charge on any atom is 0.329 e. The van der Waals surface area contributed by atoms with Gasteiger partial charge in [-0.1, -0.05) is 0 Å². The van der Waals surface area contributed by atoms with Crippen molar-refractivity contribution in [2.75, 3.05) is 39.9 Å². The van der Waals surface area contributed by atoms with Gasteiger partial charge in [0.1, 0.15) is 12.2 Å². The third kappa shape index (κ3) is 5.22. The number of aliphatic carboxylic acids is 1. The fourth-order valence-corrected chi connectivity index (χ4v) is 2.05. The van der Waals surface area contributed by atoms with Gasteiger partial charge >= 0.3 is 18.0 Å². The van der Waals surface area contributed by atoms with Crippen LogP contribution in [-0.2, 0) is 19.1 Å². The van der Waals surface area contributed by atoms with Gasteiger partial charge in [0.15, 0.2) is 0 Å². The topological polar surface area (TPSA) is 96.4 Å². The Bertz CT molecular complexity index is 405. The smallest absolute Gasteiger partial charge is 0.329 e. The molecule has 8 nitrogen and oxygen atoms in total. The number of carbonyl (C=O) groups is 3. The Morgan fingerprint density at radius 1 is 1.33 bits per heavy atom. The average Bonchev–Trinajstić information content (AvgIpc) is 2.39. The molecule has 0 aromatic heterocycles. The highest BCUT2D eigenvalue weighted by Gasteiger charge is 2.43. The largest absolute Gasteiger partial charge is 0.480 e. The van der Waals surface area contributed by atoms with Crippen molar-refractivity contribution in [3.8, 4) is 0 Å². The first-order valence-corrected chi connectivity index (χ1v) is 6.79. The van der Waals surface area contributed by atoms with E-state index in [1.54, 1.807) is 25.8 Å². The molecule has 1 saturated heterocycles. The van der Waals surface area contributed by atoms with E-state index in [0.29, 0.717) is 19.7 Å². The van der Waals surface area contributed by atoms with Crippen LogP contribution in [-0.4, -0.2) is 78.4 Å². The maximum atomic E-state index is 12.0. The molecule has 0 spiro atoms. The molecule has 1 rings (SSSR count). The molecule has 0 aromatic carbocycles. The first kappa shape index (κ1) is 17.2. The van der Waals surface area contributed by atoms with Crippen molar-refractivity contribution < 1.29 is 29.0 Å². The van der Waals surface area contributed by atoms with Crippen LogP contribution in [0.15, 0.2) is 0 Å². The molecule has 1 fully saturated rings. The van der Waals surface area contributed by atoms with Gasteiger partial charge in [-0.25, -0.2) is 9.59 Å². The molecule has 1 aliphatic heterocycles. The van der Waals surface area contributed by atoms with Crippen LogP contribution >= 0.6 is 0 Å². The Morgan fingerprint density at radius 2 is 1.95 bits per heavy atom. The van der Waals surface area contributed by atoms with Crippen LogP contribution in [0.3, 0.4) is 0 Å². The molecule has 1 N–H and O–H groups in total. The number of esters is 1. The highest BCUT2D eigenvalue weighted by Crippen LogP contribution is 2.25. The van der Waals surface area contributed by atoms with E-state index in [1.165, 1.54) is 4.90 Å². The molecule has 21 heavy (non-hydrogen) atoms. The molecule has 0 saturated carbocycles. The van der Waals surface area contributed by atoms with Gasteiger partial charge in [0.2, 0.25) is 0 Å². The van der Waals surface area contributed by atoms with E-state index >= 15 is 0 Å². The molecule has 2 amide bonds. The van der Waals surface area contributed by atoms with Crippen LogP contribution in [0.2, 0.25) is 0 Å². The van der Waals surface area contributed by atoms with Crippen LogP contribution in [0.5, 0.6) is 0 Å². The number of hydrogen-bond acceptors (Lipinski definition) is 5. The molecule has 0 unspecified atom stereocenters. The van der Waals surface area contributed by atoms with Gasteiger partial charge in [-0.05, 0) is 13.8 Å². The number of amides is 2. The molecule has 1 heterocycles. The minimum Gasteiger partial charge on any atom is -0.480 e. The minimum atomic E-state index is -1.03. The zero-order valence-corrected chi connectivity index (χ0v) is 12.6. The maximum absolute atomic E-state index is 12.0. The van der Waals surface area contributed by atoms with Crippen LogP contribution in [0.4, 0.5) is 4.79 Å². The normalized spacial score (nSPS) is 16.0. The number of nitrogens with zero attached hydrogens (tertiary/aromatic N) is 2. The van der Waals surface area contributed by atoms with Crippen LogP contribution < -0.4 is 0 Å². The van der Waals surface area contributed by atoms with Crippen molar-refractivity contribution in [2.45, 2.75) is 25.9 Å². The molecule has 0 atom stereocenters. The molecule has 0 radical (unpaired) electrons. The number of carboxylic acids is 1. The second-order valence-electron chi connectivity index (χ2n) is 5.25. The number of urea groups is 1. The Balaban J connectivity index is 2.31. The second-order valence-corrected chi connectivity index (χ2v) is 5.25. The van der Waals surface area contributed by atoms with Gasteiger partial charge in [-0.3, -0.25) is 4.79 Å². The second kappa shape index (κ2) is 7.26. The lowest BCUT2D eigenvalue weighted by Gasteiger charge is -2.48. The van der Waals surface area contributed by atoms with E-state index in [2.05, 4.69) is 0 Å². The zero-order valence-electron chi connectivity index (χ0n) is 12.6. The van der Waals surface area contributed by atoms with Gasteiger partial charge < -0.3 is 24.4 Å². The number of hydrogen-bond donors (Lipinski definition) is 1. The number of likely N-dealkylation sites (tertiary alicyclic amines) is 1. The standard InChI is InChI=1S/C13H22N2O6/c1-4-20-11(18)5-6-14(3)12(19)15-8-13(2,9-15)21-7-10(16)17/h4-9H2,1-3H3,(H,16,17). The predicted molar refractivity (Wildman–Crippen MR) is 72.8 cm³/mol. The van der Waals surface area contributed by atoms with Crippen molar-refractivity contribution in [3.63, 3.8) is 0 Å². The van der Waals surface area contributed by atoms with Crippen LogP contribution in [0.1, 0.15) is 20.3 Å². The molecular formula is C13H22N2O6. The summed E-state index contributed by atoms with van der Waals surface area (Å²) in [5, 5.41) is 8.57. The summed E-state index contributed by atoms with van der Waals surface area (Å²) in [6.07, 6.45) is 0.150. The summed E-state index contributed by atoms with van der Waals surface area (Å²) in [7, 11) is 1.61. The van der Waals surface area contributed by atoms with Gasteiger partial charge in [-0.15, -0.1) is 0 Å². The van der Waals surface area contributed by atoms with Crippen molar-refractivity contribution in [2.24, 2.45) is 0 Å². The summed E-state index contributed by atoms with van der Waals surface area (Å²) in [4.78, 5) is 36.7. The lowest BCUT2D eigenvalue weighted by atomic mass is 9.97. The fourth-order valence-electron chi connectivity index (χ4n) is 2.05. The van der Waals surface area contributed by atoms with Gasteiger partial charge in [-0.2, -0.15) is 0 Å². The van der Waals surface area contributed by atoms with Crippen molar-refractivity contribution in [3.05, 3.63) is 0 Å². The highest BCUT2D eigenvalue weighted by atomic mass is 16.5. The molecule has 1 aliphatic rings. The van der Waals surface area contributed by atoms with Crippen molar-refractivity contribution in [1.29, 1.82) is 0 Å². The van der Waals surface area contributed by atoms with E-state index in [-0.39, 0.29) is 31.6 Å². The van der Waals surface area contributed by atoms with E-state index < -0.39 is 11.6 Å². The average molecular weight is 302 g/mol. The fraction of sp³-hybridized carbons (Fsp3) is 0.769. The van der Waals surface area contributed by atoms with Crippen LogP contribution in [0, 0.1) is 0 Å². The molecule has 0 bridgehead atoms. The van der Waals surface area contributed by atoms with E-state index in [0.717, 1.165) is 0 Å². The molecule has 120 valence electrons. The Hall–Kier alpha value is -1.83. The molecule has 8 heteroatoms. The number of carboxylic acid groups (broad SMARTS) is 1. The molecular weight excluding hydrogens is 280 g/mol. The van der Waals surface area contributed by atoms with Crippen molar-refractivity contribution in [1.82, 2.24) is 9.80 Å². The number of carbonyl (C=O) groups excluding carboxylic acids is 2. The van der Waals surface area contributed by atoms with Crippen LogP contribution in [0.25, 0.3) is 0 Å². The molecule has 0 aliphatic carbocycles. The number of ether oxygens (including phenoxy) is 2. The quantitative estimate of drug-likeness (QED) is 0.673. The van der Waals surface area contributed by atoms with Gasteiger partial charge in [0, 0.05) is 13.6 Å². The summed E-state index contributed by atoms with van der Waals surface area (Å²) in [6, 6.07) is -0.212. The lowest BCUT2D eigenvalue weighted by molar-refractivity contribution is -0.160. The monoisotopic (exact) mass is 302 g/mol. The minimum absolute atomic E-state index is 0.150. The first-order chi connectivity index (χ1) is 9.77. The summed E-state index contributed by atoms with van der Waals surface area (Å²) < 4.78 is 10.0. The van der Waals surface area contributed by atoms with Crippen molar-refractivity contribution >= 4 is 18.0 Å². The summed E-state index contributed by atoms with van der Waals surface area (Å²) >= 11 is 0. The summed E-state index contributed by atoms with van der Waals surface area (Å²) in [5.41, 5.74) is -0.615. The third-order valence-electron chi connectivity index (χ3n) is 3.15. The first-order valence-electron chi connectivity index (χ1n) is 6.79. The van der Waals surface area contributed by atoms with E-state index in [1.807, 2.05) is 0 Å². The number of rotatable bonds is 7. The molecule has 0 aromatic rings. The summed E-state index contributed by atoms with van der Waals surface area (Å²) in [6.45, 7) is 4.38. The predicted octanol–water partition coefficient (Wildman–Crippen LogP) is 0.167.